The molecule has 1 aliphatic rings. The van der Waals surface area contributed by atoms with Crippen LogP contribution in [-0.2, 0) is 18.4 Å². The van der Waals surface area contributed by atoms with Gasteiger partial charge >= 0.3 is 12.3 Å². The predicted octanol–water partition coefficient (Wildman–Crippen LogP) is 8.72. The molecule has 0 saturated carbocycles. The van der Waals surface area contributed by atoms with Gasteiger partial charge in [-0.2, -0.15) is 8.78 Å². The number of aromatic nitrogens is 1. The number of para-hydroxylation sites is 3. The van der Waals surface area contributed by atoms with Gasteiger partial charge in [0.15, 0.2) is 0 Å². The number of rotatable bonds is 6. The van der Waals surface area contributed by atoms with Gasteiger partial charge in [0, 0.05) is 58.1 Å². The Morgan fingerprint density at radius 3 is 1.95 bits per heavy atom. The summed E-state index contributed by atoms with van der Waals surface area (Å²) in [4.78, 5) is 2.36. The minimum atomic E-state index is -4.06. The van der Waals surface area contributed by atoms with Crippen molar-refractivity contribution in [2.75, 3.05) is 11.4 Å². The van der Waals surface area contributed by atoms with E-state index >= 15 is 0 Å². The molecule has 0 saturated heterocycles. The molecule has 5 aromatic rings. The highest BCUT2D eigenvalue weighted by Gasteiger charge is 2.40. The molecule has 1 aromatic heterocycles. The molecule has 0 N–H and O–H groups in total. The molecule has 0 atom stereocenters. The minimum absolute atomic E-state index is 0.132. The van der Waals surface area contributed by atoms with E-state index in [4.69, 9.17) is 0 Å². The van der Waals surface area contributed by atoms with E-state index in [1.165, 1.54) is 22.5 Å². The maximum Gasteiger partial charge on any atom is 0.311 e. The summed E-state index contributed by atoms with van der Waals surface area (Å²) in [6.45, 7) is 5.86. The number of nitrogens with zero attached hydrogens (tertiary/aromatic N) is 2. The van der Waals surface area contributed by atoms with Crippen LogP contribution in [0.5, 0.6) is 0 Å². The van der Waals surface area contributed by atoms with Crippen LogP contribution in [-0.4, -0.2) is 23.5 Å². The Morgan fingerprint density at radius 1 is 0.711 bits per heavy atom. The van der Waals surface area contributed by atoms with Gasteiger partial charge in [0.25, 0.3) is 0 Å². The van der Waals surface area contributed by atoms with Crippen LogP contribution in [0.4, 0.5) is 28.9 Å². The average Bonchev–Trinajstić information content (AvgIpc) is 3.21. The van der Waals surface area contributed by atoms with Crippen LogP contribution in [0.3, 0.4) is 0 Å². The Hall–Kier alpha value is -3.80. The molecule has 4 aromatic carbocycles. The molecule has 6 heteroatoms. The Labute approximate surface area is 219 Å². The van der Waals surface area contributed by atoms with Crippen LogP contribution in [0, 0.1) is 0 Å². The van der Waals surface area contributed by atoms with Gasteiger partial charge in [0.05, 0.1) is 0 Å². The SMILES string of the molecule is CC1(C)c2ccccc2N(CCn2c3ccccc3c3cc(CC(F)(F)C(F)F)ccc32)c2ccccc21. The van der Waals surface area contributed by atoms with Crippen molar-refractivity contribution in [2.24, 2.45) is 0 Å². The zero-order chi connectivity index (χ0) is 26.7. The van der Waals surface area contributed by atoms with Crippen LogP contribution in [0.1, 0.15) is 30.5 Å². The normalized spacial score (nSPS) is 14.8. The molecular weight excluding hydrogens is 488 g/mol. The van der Waals surface area contributed by atoms with E-state index in [0.717, 1.165) is 21.8 Å². The van der Waals surface area contributed by atoms with Crippen molar-refractivity contribution in [3.63, 3.8) is 0 Å². The van der Waals surface area contributed by atoms with E-state index in [2.05, 4.69) is 71.8 Å². The van der Waals surface area contributed by atoms with Gasteiger partial charge in [-0.3, -0.25) is 0 Å². The lowest BCUT2D eigenvalue weighted by Crippen LogP contribution is -2.34. The molecule has 0 unspecified atom stereocenters. The first-order valence-electron chi connectivity index (χ1n) is 12.8. The lowest BCUT2D eigenvalue weighted by molar-refractivity contribution is -0.127. The maximum atomic E-state index is 13.8. The molecule has 2 nitrogen and oxygen atoms in total. The quantitative estimate of drug-likeness (QED) is 0.205. The monoisotopic (exact) mass is 516 g/mol. The van der Waals surface area contributed by atoms with Crippen LogP contribution < -0.4 is 4.90 Å². The van der Waals surface area contributed by atoms with Crippen molar-refractivity contribution in [1.29, 1.82) is 0 Å². The van der Waals surface area contributed by atoms with Crippen LogP contribution >= 0.6 is 0 Å². The zero-order valence-corrected chi connectivity index (χ0v) is 21.3. The van der Waals surface area contributed by atoms with E-state index < -0.39 is 18.8 Å². The van der Waals surface area contributed by atoms with Gasteiger partial charge < -0.3 is 9.47 Å². The maximum absolute atomic E-state index is 13.8. The summed E-state index contributed by atoms with van der Waals surface area (Å²) in [5, 5.41) is 1.72. The molecule has 0 bridgehead atoms. The number of benzene rings is 4. The van der Waals surface area contributed by atoms with E-state index in [1.54, 1.807) is 18.2 Å². The molecular formula is C32H28F4N2. The van der Waals surface area contributed by atoms with Gasteiger partial charge in [-0.25, -0.2) is 8.78 Å². The van der Waals surface area contributed by atoms with Crippen molar-refractivity contribution in [2.45, 2.75) is 44.6 Å². The highest BCUT2D eigenvalue weighted by Crippen LogP contribution is 2.48. The van der Waals surface area contributed by atoms with Crippen LogP contribution in [0.15, 0.2) is 91.0 Å². The lowest BCUT2D eigenvalue weighted by atomic mass is 9.73. The van der Waals surface area contributed by atoms with Crippen molar-refractivity contribution in [1.82, 2.24) is 4.57 Å². The molecule has 1 aliphatic heterocycles. The second-order valence-corrected chi connectivity index (χ2v) is 10.6. The van der Waals surface area contributed by atoms with Gasteiger partial charge in [-0.1, -0.05) is 74.5 Å². The first-order valence-corrected chi connectivity index (χ1v) is 12.8. The smallest absolute Gasteiger partial charge is 0.311 e. The first kappa shape index (κ1) is 24.5. The zero-order valence-electron chi connectivity index (χ0n) is 21.3. The summed E-state index contributed by atoms with van der Waals surface area (Å²) in [5.41, 5.74) is 6.84. The summed E-state index contributed by atoms with van der Waals surface area (Å²) in [6.07, 6.45) is -4.68. The summed E-state index contributed by atoms with van der Waals surface area (Å²) in [5.74, 6) is -4.06. The van der Waals surface area contributed by atoms with Gasteiger partial charge in [-0.15, -0.1) is 0 Å². The Morgan fingerprint density at radius 2 is 1.29 bits per heavy atom. The van der Waals surface area contributed by atoms with E-state index in [1.807, 2.05) is 24.3 Å². The molecule has 0 fully saturated rings. The Kier molecular flexibility index (Phi) is 5.74. The minimum Gasteiger partial charge on any atom is -0.339 e. The molecule has 0 spiro atoms. The van der Waals surface area contributed by atoms with Gasteiger partial charge in [-0.05, 0) is 47.0 Å². The largest absolute Gasteiger partial charge is 0.339 e. The topological polar surface area (TPSA) is 8.17 Å². The lowest BCUT2D eigenvalue weighted by Gasteiger charge is -2.42. The number of anilines is 2. The highest BCUT2D eigenvalue weighted by atomic mass is 19.3. The Bertz CT molecular complexity index is 1600. The van der Waals surface area contributed by atoms with Gasteiger partial charge in [0.1, 0.15) is 0 Å². The highest BCUT2D eigenvalue weighted by molar-refractivity contribution is 6.08. The predicted molar refractivity (Wildman–Crippen MR) is 146 cm³/mol. The number of hydrogen-bond donors (Lipinski definition) is 0. The van der Waals surface area contributed by atoms with E-state index in [-0.39, 0.29) is 11.0 Å². The summed E-state index contributed by atoms with van der Waals surface area (Å²) >= 11 is 0. The second kappa shape index (κ2) is 8.90. The molecule has 194 valence electrons. The van der Waals surface area contributed by atoms with E-state index in [9.17, 15) is 17.6 Å². The fourth-order valence-electron chi connectivity index (χ4n) is 5.99. The average molecular weight is 517 g/mol. The number of hydrogen-bond acceptors (Lipinski definition) is 1. The third kappa shape index (κ3) is 3.85. The van der Waals surface area contributed by atoms with Crippen LogP contribution in [0.25, 0.3) is 21.8 Å². The summed E-state index contributed by atoms with van der Waals surface area (Å²) in [7, 11) is 0. The fourth-order valence-corrected chi connectivity index (χ4v) is 5.99. The third-order valence-corrected chi connectivity index (χ3v) is 7.88. The van der Waals surface area contributed by atoms with Crippen molar-refractivity contribution in [3.8, 4) is 0 Å². The molecule has 0 amide bonds. The standard InChI is InChI=1S/C32H28F4N2/c1-31(2)24-10-4-7-13-28(24)38(29-14-8-5-11-25(29)31)18-17-37-26-12-6-3-9-22(26)23-19-21(15-16-27(23)37)20-32(35,36)30(33)34/h3-16,19,30H,17-18,20H2,1-2H3. The number of fused-ring (bicyclic) bond motifs is 5. The van der Waals surface area contributed by atoms with Gasteiger partial charge in [0.2, 0.25) is 0 Å². The van der Waals surface area contributed by atoms with Crippen LogP contribution in [0.2, 0.25) is 0 Å². The van der Waals surface area contributed by atoms with E-state index in [0.29, 0.717) is 13.1 Å². The van der Waals surface area contributed by atoms with Crippen molar-refractivity contribution < 1.29 is 17.6 Å². The van der Waals surface area contributed by atoms with Crippen molar-refractivity contribution in [3.05, 3.63) is 108 Å². The number of halogens is 4. The molecule has 2 heterocycles. The molecule has 0 aliphatic carbocycles. The summed E-state index contributed by atoms with van der Waals surface area (Å²) in [6, 6.07) is 29.8. The fraction of sp³-hybridized carbons (Fsp3) is 0.250. The van der Waals surface area contributed by atoms with Crippen molar-refractivity contribution >= 4 is 33.2 Å². The Balaban J connectivity index is 1.41. The number of alkyl halides is 4. The molecule has 0 radical (unpaired) electrons. The molecule has 6 rings (SSSR count). The first-order chi connectivity index (χ1) is 18.2. The second-order valence-electron chi connectivity index (χ2n) is 10.6. The summed E-state index contributed by atoms with van der Waals surface area (Å²) < 4.78 is 55.5. The molecule has 38 heavy (non-hydrogen) atoms. The third-order valence-electron chi connectivity index (χ3n) is 7.88.